The molecule has 196 valence electrons. The van der Waals surface area contributed by atoms with Gasteiger partial charge >= 0.3 is 6.30 Å². The molecule has 0 aromatic heterocycles. The number of Topliss-reactive ketones (excluding diaryl/α,β-unsaturated/α-hetero) is 2. The molecule has 2 aromatic rings. The number of carbonyl (C=O) groups is 3. The fourth-order valence-corrected chi connectivity index (χ4v) is 5.22. The lowest BCUT2D eigenvalue weighted by molar-refractivity contribution is -0.252. The Labute approximate surface area is 212 Å². The van der Waals surface area contributed by atoms with Gasteiger partial charge in [0, 0.05) is 50.3 Å². The second-order valence-electron chi connectivity index (χ2n) is 9.79. The Morgan fingerprint density at radius 2 is 1.62 bits per heavy atom. The third-order valence-corrected chi connectivity index (χ3v) is 7.32. The molecule has 0 bridgehead atoms. The number of fused-ring (bicyclic) bond motifs is 1. The van der Waals surface area contributed by atoms with E-state index in [9.17, 15) is 27.6 Å². The van der Waals surface area contributed by atoms with Gasteiger partial charge in [0.1, 0.15) is 18.1 Å². The van der Waals surface area contributed by atoms with Crippen LogP contribution in [0.2, 0.25) is 0 Å². The molecule has 0 radical (unpaired) electrons. The summed E-state index contributed by atoms with van der Waals surface area (Å²) in [6.45, 7) is 1.82. The van der Waals surface area contributed by atoms with Crippen LogP contribution >= 0.6 is 0 Å². The van der Waals surface area contributed by atoms with Gasteiger partial charge in [0.2, 0.25) is 0 Å². The van der Waals surface area contributed by atoms with Gasteiger partial charge in [-0.1, -0.05) is 30.3 Å². The van der Waals surface area contributed by atoms with Crippen molar-refractivity contribution in [1.82, 2.24) is 14.7 Å². The van der Waals surface area contributed by atoms with Crippen LogP contribution in [0.15, 0.2) is 42.5 Å². The van der Waals surface area contributed by atoms with Crippen LogP contribution in [-0.2, 0) is 29.3 Å². The normalized spacial score (nSPS) is 21.4. The molecule has 37 heavy (non-hydrogen) atoms. The predicted molar refractivity (Wildman–Crippen MR) is 128 cm³/mol. The number of nitrogens with zero attached hydrogens (tertiary/aromatic N) is 3. The zero-order valence-electron chi connectivity index (χ0n) is 20.3. The van der Waals surface area contributed by atoms with Crippen molar-refractivity contribution in [2.75, 3.05) is 26.2 Å². The van der Waals surface area contributed by atoms with Crippen molar-refractivity contribution in [2.24, 2.45) is 0 Å². The van der Waals surface area contributed by atoms with Crippen molar-refractivity contribution in [2.45, 2.75) is 51.3 Å². The minimum absolute atomic E-state index is 0.0240. The SMILES string of the molecule is O=C1CC[C@H](N2Cc3c(OCc4ccc(CN5CCN(C(F)(F)F)CC5)cc4)cccc3C2=O)C(=O)C1. The number of benzene rings is 2. The standard InChI is InChI=1S/C27H28F3N3O4/c28-27(29,30)32-12-10-31(11-13-32)15-18-4-6-19(7-5-18)17-37-25-3-1-2-21-22(25)16-33(26(21)36)23-9-8-20(34)14-24(23)35/h1-7,23H,8-17H2/t23-/m0/s1. The highest BCUT2D eigenvalue weighted by Crippen LogP contribution is 2.34. The topological polar surface area (TPSA) is 70.2 Å². The lowest BCUT2D eigenvalue weighted by atomic mass is 9.92. The van der Waals surface area contributed by atoms with E-state index in [0.717, 1.165) is 16.7 Å². The summed E-state index contributed by atoms with van der Waals surface area (Å²) in [4.78, 5) is 41.1. The molecule has 1 saturated carbocycles. The fraction of sp³-hybridized carbons (Fsp3) is 0.444. The Kier molecular flexibility index (Phi) is 7.04. The maximum Gasteiger partial charge on any atom is 0.460 e. The third-order valence-electron chi connectivity index (χ3n) is 7.32. The second-order valence-corrected chi connectivity index (χ2v) is 9.79. The monoisotopic (exact) mass is 515 g/mol. The van der Waals surface area contributed by atoms with Crippen molar-refractivity contribution in [3.63, 3.8) is 0 Å². The summed E-state index contributed by atoms with van der Waals surface area (Å²) in [7, 11) is 0. The number of ketones is 2. The molecule has 2 heterocycles. The summed E-state index contributed by atoms with van der Waals surface area (Å²) in [6, 6.07) is 12.5. The van der Waals surface area contributed by atoms with Gasteiger partial charge in [0.05, 0.1) is 19.0 Å². The van der Waals surface area contributed by atoms with E-state index >= 15 is 0 Å². The molecule has 1 atom stereocenters. The van der Waals surface area contributed by atoms with Gasteiger partial charge in [-0.3, -0.25) is 19.3 Å². The Balaban J connectivity index is 1.17. The molecular formula is C27H28F3N3O4. The van der Waals surface area contributed by atoms with Crippen LogP contribution in [0.25, 0.3) is 0 Å². The molecule has 0 spiro atoms. The summed E-state index contributed by atoms with van der Waals surface area (Å²) < 4.78 is 44.5. The first kappa shape index (κ1) is 25.4. The maximum atomic E-state index is 13.0. The van der Waals surface area contributed by atoms with E-state index in [1.807, 2.05) is 29.2 Å². The van der Waals surface area contributed by atoms with Crippen molar-refractivity contribution in [3.8, 4) is 5.75 Å². The molecule has 2 aliphatic heterocycles. The smallest absolute Gasteiger partial charge is 0.460 e. The molecule has 0 unspecified atom stereocenters. The first-order valence-electron chi connectivity index (χ1n) is 12.4. The van der Waals surface area contributed by atoms with Crippen molar-refractivity contribution in [3.05, 3.63) is 64.7 Å². The van der Waals surface area contributed by atoms with E-state index < -0.39 is 12.3 Å². The van der Waals surface area contributed by atoms with Gasteiger partial charge < -0.3 is 9.64 Å². The van der Waals surface area contributed by atoms with E-state index in [1.165, 1.54) is 0 Å². The number of halogens is 3. The fourth-order valence-electron chi connectivity index (χ4n) is 5.22. The maximum absolute atomic E-state index is 13.0. The number of alkyl halides is 3. The molecule has 2 fully saturated rings. The molecular weight excluding hydrogens is 487 g/mol. The van der Waals surface area contributed by atoms with Crippen LogP contribution in [0.5, 0.6) is 5.75 Å². The molecule has 0 N–H and O–H groups in total. The summed E-state index contributed by atoms with van der Waals surface area (Å²) in [5, 5.41) is 0. The molecule has 3 aliphatic rings. The van der Waals surface area contributed by atoms with Crippen molar-refractivity contribution in [1.29, 1.82) is 0 Å². The van der Waals surface area contributed by atoms with Crippen molar-refractivity contribution >= 4 is 17.5 Å². The number of amides is 1. The van der Waals surface area contributed by atoms with Gasteiger partial charge in [-0.2, -0.15) is 13.2 Å². The summed E-state index contributed by atoms with van der Waals surface area (Å²) >= 11 is 0. The molecule has 7 nitrogen and oxygen atoms in total. The minimum Gasteiger partial charge on any atom is -0.489 e. The second kappa shape index (κ2) is 10.3. The largest absolute Gasteiger partial charge is 0.489 e. The Bertz CT molecular complexity index is 1190. The average Bonchev–Trinajstić information content (AvgIpc) is 3.20. The van der Waals surface area contributed by atoms with Gasteiger partial charge in [-0.05, 0) is 29.7 Å². The Morgan fingerprint density at radius 3 is 2.30 bits per heavy atom. The first-order chi connectivity index (χ1) is 17.7. The van der Waals surface area contributed by atoms with Gasteiger partial charge in [-0.25, -0.2) is 4.90 Å². The Hall–Kier alpha value is -3.24. The zero-order valence-corrected chi connectivity index (χ0v) is 20.3. The van der Waals surface area contributed by atoms with E-state index in [0.29, 0.717) is 48.7 Å². The van der Waals surface area contributed by atoms with Crippen molar-refractivity contribution < 1.29 is 32.3 Å². The van der Waals surface area contributed by atoms with Crippen LogP contribution < -0.4 is 4.74 Å². The van der Waals surface area contributed by atoms with Crippen LogP contribution in [0.4, 0.5) is 13.2 Å². The highest BCUT2D eigenvalue weighted by Gasteiger charge is 2.40. The lowest BCUT2D eigenvalue weighted by Crippen LogP contribution is -2.51. The number of piperazine rings is 1. The highest BCUT2D eigenvalue weighted by atomic mass is 19.4. The number of carbonyl (C=O) groups excluding carboxylic acids is 3. The van der Waals surface area contributed by atoms with Crippen LogP contribution in [0.1, 0.15) is 46.3 Å². The van der Waals surface area contributed by atoms with Gasteiger partial charge in [-0.15, -0.1) is 0 Å². The zero-order chi connectivity index (χ0) is 26.2. The minimum atomic E-state index is -4.27. The molecule has 1 saturated heterocycles. The molecule has 1 amide bonds. The first-order valence-corrected chi connectivity index (χ1v) is 12.4. The van der Waals surface area contributed by atoms with E-state index in [1.54, 1.807) is 23.1 Å². The number of hydrogen-bond acceptors (Lipinski definition) is 6. The summed E-state index contributed by atoms with van der Waals surface area (Å²) in [5.41, 5.74) is 3.20. The predicted octanol–water partition coefficient (Wildman–Crippen LogP) is 3.55. The van der Waals surface area contributed by atoms with E-state index in [2.05, 4.69) is 0 Å². The lowest BCUT2D eigenvalue weighted by Gasteiger charge is -2.35. The van der Waals surface area contributed by atoms with Gasteiger partial charge in [0.25, 0.3) is 5.91 Å². The third kappa shape index (κ3) is 5.55. The summed E-state index contributed by atoms with van der Waals surface area (Å²) in [6.07, 6.45) is -3.72. The highest BCUT2D eigenvalue weighted by molar-refractivity contribution is 6.07. The molecule has 1 aliphatic carbocycles. The number of rotatable bonds is 6. The molecule has 5 rings (SSSR count). The number of ether oxygens (including phenoxy) is 1. The molecule has 10 heteroatoms. The average molecular weight is 516 g/mol. The molecule has 2 aromatic carbocycles. The van der Waals surface area contributed by atoms with Crippen LogP contribution in [0.3, 0.4) is 0 Å². The van der Waals surface area contributed by atoms with Crippen LogP contribution in [-0.4, -0.2) is 70.7 Å². The van der Waals surface area contributed by atoms with Gasteiger partial charge in [0.15, 0.2) is 5.78 Å². The number of hydrogen-bond donors (Lipinski definition) is 0. The summed E-state index contributed by atoms with van der Waals surface area (Å²) in [5.74, 6) is 0.0829. The van der Waals surface area contributed by atoms with E-state index in [-0.39, 0.29) is 50.1 Å². The quantitative estimate of drug-likeness (QED) is 0.433. The van der Waals surface area contributed by atoms with Crippen LogP contribution in [0, 0.1) is 0 Å². The van der Waals surface area contributed by atoms with E-state index in [4.69, 9.17) is 4.74 Å². The Morgan fingerprint density at radius 1 is 0.919 bits per heavy atom.